The number of amidine groups is 1. The molecule has 0 amide bonds. The molecule has 1 aliphatic carbocycles. The number of sulfone groups is 1. The topological polar surface area (TPSA) is 82.9 Å². The lowest BCUT2D eigenvalue weighted by Crippen LogP contribution is -2.68. The number of alkyl halides is 1. The summed E-state index contributed by atoms with van der Waals surface area (Å²) in [6, 6.07) is 2.58. The zero-order valence-corrected chi connectivity index (χ0v) is 14.8. The van der Waals surface area contributed by atoms with Gasteiger partial charge in [-0.25, -0.2) is 22.2 Å². The number of hydrogen-bond acceptors (Lipinski definition) is 4. The van der Waals surface area contributed by atoms with Gasteiger partial charge in [0.05, 0.1) is 11.3 Å². The van der Waals surface area contributed by atoms with Crippen LogP contribution in [0.25, 0.3) is 0 Å². The van der Waals surface area contributed by atoms with Gasteiger partial charge in [0.1, 0.15) is 28.6 Å². The van der Waals surface area contributed by atoms with Crippen molar-refractivity contribution in [2.75, 3.05) is 12.4 Å². The van der Waals surface area contributed by atoms with E-state index >= 15 is 0 Å². The first-order valence-electron chi connectivity index (χ1n) is 7.14. The minimum atomic E-state index is -3.99. The van der Waals surface area contributed by atoms with E-state index in [9.17, 15) is 17.2 Å². The van der Waals surface area contributed by atoms with E-state index in [2.05, 4.69) is 26.2 Å². The van der Waals surface area contributed by atoms with Crippen molar-refractivity contribution in [1.82, 2.24) is 10.3 Å². The van der Waals surface area contributed by atoms with Crippen LogP contribution in [-0.4, -0.2) is 36.4 Å². The van der Waals surface area contributed by atoms with Crippen LogP contribution >= 0.6 is 15.9 Å². The predicted octanol–water partition coefficient (Wildman–Crippen LogP) is 2.31. The molecular formula is C14H16BrF2N3O2S. The first-order valence-corrected chi connectivity index (χ1v) is 9.59. The van der Waals surface area contributed by atoms with Crippen LogP contribution < -0.4 is 5.32 Å². The highest BCUT2D eigenvalue weighted by Crippen LogP contribution is 2.49. The summed E-state index contributed by atoms with van der Waals surface area (Å²) in [5, 5.41) is 10.9. The average Bonchev–Trinajstić information content (AvgIpc) is 3.25. The predicted molar refractivity (Wildman–Crippen MR) is 85.3 cm³/mol. The van der Waals surface area contributed by atoms with Crippen LogP contribution in [0.4, 0.5) is 8.78 Å². The van der Waals surface area contributed by atoms with Crippen molar-refractivity contribution in [3.8, 4) is 0 Å². The highest BCUT2D eigenvalue weighted by atomic mass is 79.9. The van der Waals surface area contributed by atoms with E-state index in [-0.39, 0.29) is 11.6 Å². The van der Waals surface area contributed by atoms with Gasteiger partial charge in [0, 0.05) is 0 Å². The first-order chi connectivity index (χ1) is 10.7. The van der Waals surface area contributed by atoms with Gasteiger partial charge in [-0.05, 0) is 53.7 Å². The molecule has 2 heterocycles. The Bertz CT molecular complexity index is 784. The van der Waals surface area contributed by atoms with Gasteiger partial charge < -0.3 is 5.32 Å². The van der Waals surface area contributed by atoms with Crippen molar-refractivity contribution in [2.24, 2.45) is 5.92 Å². The van der Waals surface area contributed by atoms with Gasteiger partial charge in [-0.3, -0.25) is 5.41 Å². The molecule has 1 aromatic rings. The second-order valence-electron chi connectivity index (χ2n) is 6.35. The maximum atomic E-state index is 14.2. The zero-order chi connectivity index (χ0) is 17.0. The summed E-state index contributed by atoms with van der Waals surface area (Å²) in [7, 11) is -3.99. The third-order valence-corrected chi connectivity index (χ3v) is 7.78. The molecule has 0 bridgehead atoms. The fourth-order valence-electron chi connectivity index (χ4n) is 3.28. The summed E-state index contributed by atoms with van der Waals surface area (Å²) < 4.78 is 52.1. The van der Waals surface area contributed by atoms with Gasteiger partial charge in [-0.1, -0.05) is 0 Å². The number of aromatic nitrogens is 1. The van der Waals surface area contributed by atoms with Crippen LogP contribution in [0.2, 0.25) is 0 Å². The highest BCUT2D eigenvalue weighted by molar-refractivity contribution is 9.10. The Morgan fingerprint density at radius 3 is 2.65 bits per heavy atom. The van der Waals surface area contributed by atoms with E-state index in [1.807, 2.05) is 0 Å². The lowest BCUT2D eigenvalue weighted by atomic mass is 9.94. The van der Waals surface area contributed by atoms with Crippen LogP contribution in [0.15, 0.2) is 16.7 Å². The molecule has 0 aromatic carbocycles. The van der Waals surface area contributed by atoms with Gasteiger partial charge >= 0.3 is 0 Å². The number of halogens is 3. The second kappa shape index (κ2) is 5.20. The molecule has 3 rings (SSSR count). The molecule has 9 heteroatoms. The summed E-state index contributed by atoms with van der Waals surface area (Å²) in [5.74, 6) is -1.98. The van der Waals surface area contributed by atoms with Crippen LogP contribution in [0.1, 0.15) is 25.5 Å². The number of hydrogen-bond donors (Lipinski definition) is 2. The molecule has 1 aliphatic heterocycles. The Morgan fingerprint density at radius 2 is 2.13 bits per heavy atom. The molecule has 0 unspecified atom stereocenters. The Labute approximate surface area is 141 Å². The fourth-order valence-corrected chi connectivity index (χ4v) is 6.09. The second-order valence-corrected chi connectivity index (χ2v) is 9.41. The summed E-state index contributed by atoms with van der Waals surface area (Å²) in [5.41, 5.74) is -1.53. The molecule has 2 fully saturated rings. The number of nitrogens with zero attached hydrogens (tertiary/aromatic N) is 1. The molecule has 126 valence electrons. The van der Waals surface area contributed by atoms with Crippen molar-refractivity contribution in [1.29, 1.82) is 5.41 Å². The summed E-state index contributed by atoms with van der Waals surface area (Å²) >= 11 is 3.13. The van der Waals surface area contributed by atoms with Gasteiger partial charge in [-0.15, -0.1) is 0 Å². The molecule has 0 spiro atoms. The number of nitrogens with one attached hydrogen (secondary N) is 2. The quantitative estimate of drug-likeness (QED) is 0.753. The average molecular weight is 408 g/mol. The molecule has 1 saturated heterocycles. The standard InChI is InChI=1S/C14H16BrF2N3O2S/c1-13(11-9(17)4-5-10(15)19-11)7-23(21,22)14(6-16,8-2-3-8)12(18)20-13/h4-5,8H,2-3,6-7H2,1H3,(H2,18,20)/t13-,14-/m0/s1. The van der Waals surface area contributed by atoms with E-state index in [1.165, 1.54) is 19.1 Å². The molecule has 2 N–H and O–H groups in total. The SMILES string of the molecule is C[C@@]1(c2nc(Br)ccc2F)CS(=O)(=O)[C@@](CF)(C2CC2)C(=N)N1. The van der Waals surface area contributed by atoms with E-state index in [0.717, 1.165) is 0 Å². The molecule has 2 atom stereocenters. The van der Waals surface area contributed by atoms with Crippen LogP contribution in [-0.2, 0) is 15.4 Å². The lowest BCUT2D eigenvalue weighted by Gasteiger charge is -2.44. The van der Waals surface area contributed by atoms with E-state index in [0.29, 0.717) is 17.4 Å². The van der Waals surface area contributed by atoms with Gasteiger partial charge in [0.2, 0.25) is 0 Å². The van der Waals surface area contributed by atoms with Crippen molar-refractivity contribution in [2.45, 2.75) is 30.1 Å². The Hall–Kier alpha value is -1.09. The third-order valence-electron chi connectivity index (χ3n) is 4.63. The zero-order valence-electron chi connectivity index (χ0n) is 12.4. The smallest absolute Gasteiger partial charge is 0.168 e. The molecule has 5 nitrogen and oxygen atoms in total. The number of pyridine rings is 1. The maximum absolute atomic E-state index is 14.2. The minimum Gasteiger partial charge on any atom is -0.361 e. The normalized spacial score (nSPS) is 33.3. The largest absolute Gasteiger partial charge is 0.361 e. The van der Waals surface area contributed by atoms with E-state index in [1.54, 1.807) is 0 Å². The van der Waals surface area contributed by atoms with Crippen molar-refractivity contribution in [3.63, 3.8) is 0 Å². The molecular weight excluding hydrogens is 392 g/mol. The first kappa shape index (κ1) is 16.8. The monoisotopic (exact) mass is 407 g/mol. The van der Waals surface area contributed by atoms with Crippen LogP contribution in [0.3, 0.4) is 0 Å². The van der Waals surface area contributed by atoms with Crippen LogP contribution in [0, 0.1) is 17.1 Å². The van der Waals surface area contributed by atoms with Gasteiger partial charge in [0.25, 0.3) is 0 Å². The van der Waals surface area contributed by atoms with Crippen LogP contribution in [0.5, 0.6) is 0 Å². The Balaban J connectivity index is 2.10. The summed E-state index contributed by atoms with van der Waals surface area (Å²) in [6.07, 6.45) is 1.15. The maximum Gasteiger partial charge on any atom is 0.168 e. The van der Waals surface area contributed by atoms with Crippen molar-refractivity contribution >= 4 is 31.6 Å². The Morgan fingerprint density at radius 1 is 1.48 bits per heavy atom. The van der Waals surface area contributed by atoms with Crippen molar-refractivity contribution in [3.05, 3.63) is 28.2 Å². The van der Waals surface area contributed by atoms with Gasteiger partial charge in [0.15, 0.2) is 14.6 Å². The highest BCUT2D eigenvalue weighted by Gasteiger charge is 2.63. The molecule has 1 saturated carbocycles. The molecule has 2 aliphatic rings. The minimum absolute atomic E-state index is 0.108. The Kier molecular flexibility index (Phi) is 3.79. The molecule has 23 heavy (non-hydrogen) atoms. The summed E-state index contributed by atoms with van der Waals surface area (Å²) in [4.78, 5) is 4.03. The molecule has 1 aromatic heterocycles. The third kappa shape index (κ3) is 2.39. The lowest BCUT2D eigenvalue weighted by molar-refractivity contribution is 0.353. The van der Waals surface area contributed by atoms with Crippen molar-refractivity contribution < 1.29 is 17.2 Å². The molecule has 0 radical (unpaired) electrons. The van der Waals surface area contributed by atoms with Gasteiger partial charge in [-0.2, -0.15) is 0 Å². The number of rotatable bonds is 3. The summed E-state index contributed by atoms with van der Waals surface area (Å²) in [6.45, 7) is 0.322. The van der Waals surface area contributed by atoms with E-state index < -0.39 is 44.2 Å². The fraction of sp³-hybridized carbons (Fsp3) is 0.571. The van der Waals surface area contributed by atoms with E-state index in [4.69, 9.17) is 5.41 Å².